The normalized spacial score (nSPS) is 12.3. The zero-order valence-corrected chi connectivity index (χ0v) is 23.3. The molecule has 0 aliphatic rings. The molecule has 8 heteroatoms. The second kappa shape index (κ2) is 13.7. The van der Waals surface area contributed by atoms with Gasteiger partial charge in [-0.15, -0.1) is 0 Å². The van der Waals surface area contributed by atoms with E-state index in [1.165, 1.54) is 6.26 Å². The van der Waals surface area contributed by atoms with Crippen LogP contribution in [0.4, 0.5) is 0 Å². The molecule has 0 spiro atoms. The maximum absolute atomic E-state index is 13.3. The van der Waals surface area contributed by atoms with Crippen LogP contribution in [0.3, 0.4) is 0 Å². The fourth-order valence-electron chi connectivity index (χ4n) is 4.42. The number of hydrogen-bond donors (Lipinski definition) is 2. The van der Waals surface area contributed by atoms with Crippen LogP contribution in [-0.2, 0) is 28.4 Å². The first-order valence-corrected chi connectivity index (χ1v) is 14.7. The van der Waals surface area contributed by atoms with E-state index in [0.29, 0.717) is 18.4 Å². The van der Waals surface area contributed by atoms with Crippen molar-refractivity contribution in [2.75, 3.05) is 12.0 Å². The van der Waals surface area contributed by atoms with Gasteiger partial charge in [-0.1, -0.05) is 54.6 Å². The summed E-state index contributed by atoms with van der Waals surface area (Å²) in [6, 6.07) is 23.7. The van der Waals surface area contributed by atoms with Gasteiger partial charge in [-0.3, -0.25) is 14.0 Å². The molecule has 7 nitrogen and oxygen atoms in total. The predicted octanol–water partition coefficient (Wildman–Crippen LogP) is 5.59. The van der Waals surface area contributed by atoms with Crippen LogP contribution in [0.15, 0.2) is 91.3 Å². The Morgan fingerprint density at radius 2 is 1.73 bits per heavy atom. The first-order valence-electron chi connectivity index (χ1n) is 13.0. The molecule has 4 rings (SSSR count). The summed E-state index contributed by atoms with van der Waals surface area (Å²) in [4.78, 5) is 29.4. The standard InChI is InChI=1S/C32H32N2O5S/c1-22-8-6-7-11-26(22)28-20-23(13-15-27(28)31(35)34-29(32(36)37)17-19-40(2)38)12-14-24-21-33-18-16-30(24)39-25-9-4-3-5-10-25/h3-11,13,15-16,18,20-21,29H,12,14,17,19H2,1-2H3,(H,34,35)(H,36,37)/t29-,40?/m0/s1. The SMILES string of the molecule is Cc1ccccc1-c1cc(CCc2cnccc2Oc2ccccc2)ccc1C(=O)N[C@@H](CCS(C)=O)C(=O)O. The number of nitrogens with one attached hydrogen (secondary N) is 1. The molecule has 1 heterocycles. The van der Waals surface area contributed by atoms with E-state index in [0.717, 1.165) is 39.3 Å². The number of carboxylic acid groups (broad SMARTS) is 1. The van der Waals surface area contributed by atoms with Crippen LogP contribution in [0.1, 0.15) is 33.5 Å². The number of para-hydroxylation sites is 1. The number of amides is 1. The fourth-order valence-corrected chi connectivity index (χ4v) is 4.98. The third kappa shape index (κ3) is 7.64. The van der Waals surface area contributed by atoms with E-state index in [9.17, 15) is 18.9 Å². The predicted molar refractivity (Wildman–Crippen MR) is 157 cm³/mol. The van der Waals surface area contributed by atoms with Gasteiger partial charge < -0.3 is 15.2 Å². The Morgan fingerprint density at radius 3 is 2.45 bits per heavy atom. The quantitative estimate of drug-likeness (QED) is 0.236. The van der Waals surface area contributed by atoms with Crippen LogP contribution < -0.4 is 10.1 Å². The van der Waals surface area contributed by atoms with Crippen LogP contribution in [0.25, 0.3) is 11.1 Å². The number of carboxylic acids is 1. The van der Waals surface area contributed by atoms with Gasteiger partial charge in [0.1, 0.15) is 17.5 Å². The molecule has 206 valence electrons. The minimum Gasteiger partial charge on any atom is -0.480 e. The highest BCUT2D eigenvalue weighted by Gasteiger charge is 2.23. The Hall–Kier alpha value is -4.30. The molecule has 1 aromatic heterocycles. The van der Waals surface area contributed by atoms with Gasteiger partial charge in [-0.05, 0) is 72.7 Å². The number of carbonyl (C=O) groups is 2. The molecule has 0 aliphatic carbocycles. The molecule has 1 amide bonds. The number of carbonyl (C=O) groups excluding carboxylic acids is 1. The van der Waals surface area contributed by atoms with E-state index in [2.05, 4.69) is 10.3 Å². The Labute approximate surface area is 236 Å². The summed E-state index contributed by atoms with van der Waals surface area (Å²) < 4.78 is 17.6. The maximum Gasteiger partial charge on any atom is 0.326 e. The maximum atomic E-state index is 13.3. The van der Waals surface area contributed by atoms with Crippen molar-refractivity contribution < 1.29 is 23.6 Å². The summed E-state index contributed by atoms with van der Waals surface area (Å²) in [5.41, 5.74) is 4.98. The summed E-state index contributed by atoms with van der Waals surface area (Å²) >= 11 is 0. The highest BCUT2D eigenvalue weighted by atomic mass is 32.2. The smallest absolute Gasteiger partial charge is 0.326 e. The van der Waals surface area contributed by atoms with Crippen LogP contribution in [-0.4, -0.2) is 44.2 Å². The summed E-state index contributed by atoms with van der Waals surface area (Å²) in [5, 5.41) is 12.2. The third-order valence-electron chi connectivity index (χ3n) is 6.57. The largest absolute Gasteiger partial charge is 0.480 e. The number of aliphatic carboxylic acids is 1. The lowest BCUT2D eigenvalue weighted by molar-refractivity contribution is -0.139. The highest BCUT2D eigenvalue weighted by molar-refractivity contribution is 7.84. The summed E-state index contributed by atoms with van der Waals surface area (Å²) in [7, 11) is -1.16. The second-order valence-corrected chi connectivity index (χ2v) is 11.1. The molecule has 0 fully saturated rings. The number of nitrogens with zero attached hydrogens (tertiary/aromatic N) is 1. The zero-order chi connectivity index (χ0) is 28.5. The molecule has 40 heavy (non-hydrogen) atoms. The van der Waals surface area contributed by atoms with Crippen molar-refractivity contribution >= 4 is 22.7 Å². The molecule has 2 N–H and O–H groups in total. The summed E-state index contributed by atoms with van der Waals surface area (Å²) in [6.45, 7) is 1.98. The monoisotopic (exact) mass is 556 g/mol. The lowest BCUT2D eigenvalue weighted by atomic mass is 9.92. The van der Waals surface area contributed by atoms with E-state index in [1.54, 1.807) is 18.5 Å². The number of pyridine rings is 1. The molecule has 0 saturated heterocycles. The van der Waals surface area contributed by atoms with Gasteiger partial charge in [-0.25, -0.2) is 4.79 Å². The van der Waals surface area contributed by atoms with E-state index in [-0.39, 0.29) is 12.2 Å². The molecule has 2 atom stereocenters. The Bertz CT molecular complexity index is 1510. The van der Waals surface area contributed by atoms with Crippen molar-refractivity contribution in [3.63, 3.8) is 0 Å². The summed E-state index contributed by atoms with van der Waals surface area (Å²) in [6.07, 6.45) is 6.45. The first-order chi connectivity index (χ1) is 19.3. The van der Waals surface area contributed by atoms with Gasteiger partial charge in [0.25, 0.3) is 5.91 Å². The van der Waals surface area contributed by atoms with Crippen molar-refractivity contribution in [3.8, 4) is 22.6 Å². The molecule has 1 unspecified atom stereocenters. The number of rotatable bonds is 12. The lowest BCUT2D eigenvalue weighted by Gasteiger charge is -2.18. The molecule has 4 aromatic rings. The van der Waals surface area contributed by atoms with Crippen molar-refractivity contribution in [3.05, 3.63) is 114 Å². The summed E-state index contributed by atoms with van der Waals surface area (Å²) in [5.74, 6) is 0.0364. The molecular weight excluding hydrogens is 524 g/mol. The Kier molecular flexibility index (Phi) is 9.81. The van der Waals surface area contributed by atoms with Gasteiger partial charge in [-0.2, -0.15) is 0 Å². The number of ether oxygens (including phenoxy) is 1. The molecule has 0 radical (unpaired) electrons. The van der Waals surface area contributed by atoms with Gasteiger partial charge in [0.2, 0.25) is 0 Å². The molecule has 0 aliphatic heterocycles. The number of benzene rings is 3. The van der Waals surface area contributed by atoms with Gasteiger partial charge in [0.05, 0.1) is 0 Å². The van der Waals surface area contributed by atoms with Crippen LogP contribution in [0, 0.1) is 6.92 Å². The van der Waals surface area contributed by atoms with Crippen molar-refractivity contribution in [1.29, 1.82) is 0 Å². The Morgan fingerprint density at radius 1 is 0.975 bits per heavy atom. The van der Waals surface area contributed by atoms with Crippen LogP contribution in [0.5, 0.6) is 11.5 Å². The second-order valence-electron chi connectivity index (χ2n) is 9.52. The van der Waals surface area contributed by atoms with Crippen molar-refractivity contribution in [2.45, 2.75) is 32.2 Å². The van der Waals surface area contributed by atoms with E-state index in [1.807, 2.05) is 79.7 Å². The third-order valence-corrected chi connectivity index (χ3v) is 7.38. The lowest BCUT2D eigenvalue weighted by Crippen LogP contribution is -2.41. The van der Waals surface area contributed by atoms with Crippen molar-refractivity contribution in [1.82, 2.24) is 10.3 Å². The average molecular weight is 557 g/mol. The first kappa shape index (κ1) is 28.7. The minimum absolute atomic E-state index is 0.0838. The topological polar surface area (TPSA) is 106 Å². The molecule has 3 aromatic carbocycles. The van der Waals surface area contributed by atoms with E-state index in [4.69, 9.17) is 4.74 Å². The minimum atomic E-state index is -1.16. The molecular formula is C32H32N2O5S. The van der Waals surface area contributed by atoms with Gasteiger partial charge in [0.15, 0.2) is 0 Å². The van der Waals surface area contributed by atoms with Gasteiger partial charge in [0, 0.05) is 46.3 Å². The molecule has 0 saturated carbocycles. The average Bonchev–Trinajstić information content (AvgIpc) is 2.95. The Balaban J connectivity index is 1.60. The van der Waals surface area contributed by atoms with Gasteiger partial charge >= 0.3 is 5.97 Å². The van der Waals surface area contributed by atoms with E-state index >= 15 is 0 Å². The fraction of sp³-hybridized carbons (Fsp3) is 0.219. The number of aryl methyl sites for hydroxylation is 3. The number of aromatic nitrogens is 1. The highest BCUT2D eigenvalue weighted by Crippen LogP contribution is 2.30. The van der Waals surface area contributed by atoms with Crippen LogP contribution >= 0.6 is 0 Å². The molecule has 0 bridgehead atoms. The number of hydrogen-bond acceptors (Lipinski definition) is 5. The van der Waals surface area contributed by atoms with Crippen LogP contribution in [0.2, 0.25) is 0 Å². The zero-order valence-electron chi connectivity index (χ0n) is 22.5. The van der Waals surface area contributed by atoms with Crippen molar-refractivity contribution in [2.24, 2.45) is 0 Å². The van der Waals surface area contributed by atoms with E-state index < -0.39 is 28.7 Å².